The molecule has 0 radical (unpaired) electrons. The number of benzene rings is 1. The highest BCUT2D eigenvalue weighted by Gasteiger charge is 2.19. The SMILES string of the molecule is CCCCCCCCCCCCC(C)C(OC=O)c1ccccc1. The van der Waals surface area contributed by atoms with Gasteiger partial charge in [-0.2, -0.15) is 0 Å². The lowest BCUT2D eigenvalue weighted by atomic mass is 9.92. The van der Waals surface area contributed by atoms with Gasteiger partial charge in [0, 0.05) is 0 Å². The molecular weight excluding hydrogens is 296 g/mol. The van der Waals surface area contributed by atoms with Gasteiger partial charge in [-0.25, -0.2) is 0 Å². The summed E-state index contributed by atoms with van der Waals surface area (Å²) in [5, 5.41) is 0. The van der Waals surface area contributed by atoms with E-state index in [1.807, 2.05) is 30.3 Å². The highest BCUT2D eigenvalue weighted by Crippen LogP contribution is 2.29. The quantitative estimate of drug-likeness (QED) is 0.259. The van der Waals surface area contributed by atoms with Crippen molar-refractivity contribution in [2.75, 3.05) is 0 Å². The molecule has 0 amide bonds. The summed E-state index contributed by atoms with van der Waals surface area (Å²) in [6.45, 7) is 5.05. The van der Waals surface area contributed by atoms with Crippen LogP contribution in [0.3, 0.4) is 0 Å². The van der Waals surface area contributed by atoms with Crippen LogP contribution in [0.5, 0.6) is 0 Å². The topological polar surface area (TPSA) is 26.3 Å². The lowest BCUT2D eigenvalue weighted by Gasteiger charge is -2.22. The van der Waals surface area contributed by atoms with E-state index in [9.17, 15) is 4.79 Å². The summed E-state index contributed by atoms with van der Waals surface area (Å²) in [7, 11) is 0. The van der Waals surface area contributed by atoms with Crippen LogP contribution >= 0.6 is 0 Å². The molecule has 2 nitrogen and oxygen atoms in total. The third-order valence-electron chi connectivity index (χ3n) is 4.86. The highest BCUT2D eigenvalue weighted by atomic mass is 16.5. The van der Waals surface area contributed by atoms with Crippen molar-refractivity contribution in [3.05, 3.63) is 35.9 Å². The van der Waals surface area contributed by atoms with Crippen molar-refractivity contribution in [2.45, 2.75) is 90.6 Å². The Bertz CT molecular complexity index is 402. The van der Waals surface area contributed by atoms with Crippen LogP contribution in [0.25, 0.3) is 0 Å². The van der Waals surface area contributed by atoms with Gasteiger partial charge in [-0.1, -0.05) is 108 Å². The van der Waals surface area contributed by atoms with Gasteiger partial charge >= 0.3 is 0 Å². The number of ether oxygens (including phenoxy) is 1. The Balaban J connectivity index is 2.13. The van der Waals surface area contributed by atoms with Crippen molar-refractivity contribution in [1.82, 2.24) is 0 Å². The fraction of sp³-hybridized carbons (Fsp3) is 0.682. The van der Waals surface area contributed by atoms with Gasteiger partial charge in [0.2, 0.25) is 0 Å². The average Bonchev–Trinajstić information content (AvgIpc) is 2.61. The molecule has 1 aromatic carbocycles. The van der Waals surface area contributed by atoms with Crippen LogP contribution in [0.2, 0.25) is 0 Å². The zero-order chi connectivity index (χ0) is 17.5. The first kappa shape index (κ1) is 20.7. The van der Waals surface area contributed by atoms with Gasteiger partial charge < -0.3 is 4.74 Å². The molecule has 0 saturated heterocycles. The number of carbonyl (C=O) groups excluding carboxylic acids is 1. The van der Waals surface area contributed by atoms with Crippen molar-refractivity contribution in [3.8, 4) is 0 Å². The third-order valence-corrected chi connectivity index (χ3v) is 4.86. The first-order chi connectivity index (χ1) is 11.8. The molecule has 0 aliphatic heterocycles. The van der Waals surface area contributed by atoms with E-state index >= 15 is 0 Å². The van der Waals surface area contributed by atoms with E-state index in [0.717, 1.165) is 12.0 Å². The molecule has 1 rings (SSSR count). The van der Waals surface area contributed by atoms with Crippen LogP contribution in [0, 0.1) is 5.92 Å². The molecule has 1 aromatic rings. The third kappa shape index (κ3) is 9.10. The summed E-state index contributed by atoms with van der Waals surface area (Å²) < 4.78 is 5.35. The Morgan fingerprint density at radius 3 is 1.96 bits per heavy atom. The average molecular weight is 333 g/mol. The Hall–Kier alpha value is -1.31. The maximum absolute atomic E-state index is 10.8. The van der Waals surface area contributed by atoms with Gasteiger partial charge in [0.1, 0.15) is 6.10 Å². The minimum absolute atomic E-state index is 0.109. The lowest BCUT2D eigenvalue weighted by molar-refractivity contribution is -0.136. The van der Waals surface area contributed by atoms with Gasteiger partial charge in [-0.3, -0.25) is 4.79 Å². The van der Waals surface area contributed by atoms with Crippen molar-refractivity contribution < 1.29 is 9.53 Å². The van der Waals surface area contributed by atoms with Crippen LogP contribution in [0.1, 0.15) is 96.1 Å². The monoisotopic (exact) mass is 332 g/mol. The molecule has 0 fully saturated rings. The minimum atomic E-state index is -0.109. The normalized spacial score (nSPS) is 13.4. The lowest BCUT2D eigenvalue weighted by Crippen LogP contribution is -2.13. The summed E-state index contributed by atoms with van der Waals surface area (Å²) in [6.07, 6.45) is 14.6. The predicted molar refractivity (Wildman–Crippen MR) is 102 cm³/mol. The molecule has 136 valence electrons. The van der Waals surface area contributed by atoms with E-state index in [-0.39, 0.29) is 6.10 Å². The van der Waals surface area contributed by atoms with Gasteiger partial charge in [-0.05, 0) is 17.9 Å². The predicted octanol–water partition coefficient (Wildman–Crippen LogP) is 6.85. The maximum Gasteiger partial charge on any atom is 0.293 e. The van der Waals surface area contributed by atoms with Crippen molar-refractivity contribution in [1.29, 1.82) is 0 Å². The number of rotatable bonds is 15. The molecule has 0 N–H and O–H groups in total. The fourth-order valence-electron chi connectivity index (χ4n) is 3.35. The molecule has 0 aromatic heterocycles. The number of hydrogen-bond acceptors (Lipinski definition) is 2. The smallest absolute Gasteiger partial charge is 0.293 e. The van der Waals surface area contributed by atoms with Crippen molar-refractivity contribution in [3.63, 3.8) is 0 Å². The second-order valence-corrected chi connectivity index (χ2v) is 7.01. The Morgan fingerprint density at radius 1 is 0.875 bits per heavy atom. The van der Waals surface area contributed by atoms with Gasteiger partial charge in [-0.15, -0.1) is 0 Å². The summed E-state index contributed by atoms with van der Waals surface area (Å²) in [4.78, 5) is 10.8. The number of carbonyl (C=O) groups is 1. The van der Waals surface area contributed by atoms with Crippen molar-refractivity contribution in [2.24, 2.45) is 5.92 Å². The van der Waals surface area contributed by atoms with Crippen molar-refractivity contribution >= 4 is 6.47 Å². The second kappa shape index (κ2) is 14.1. The van der Waals surface area contributed by atoms with Crippen LogP contribution < -0.4 is 0 Å². The Morgan fingerprint density at radius 2 is 1.42 bits per heavy atom. The molecule has 0 saturated carbocycles. The molecule has 24 heavy (non-hydrogen) atoms. The first-order valence-corrected chi connectivity index (χ1v) is 9.93. The van der Waals surface area contributed by atoms with E-state index in [0.29, 0.717) is 12.4 Å². The maximum atomic E-state index is 10.8. The van der Waals surface area contributed by atoms with Crippen LogP contribution in [-0.4, -0.2) is 6.47 Å². The Labute approximate surface area is 149 Å². The largest absolute Gasteiger partial charge is 0.459 e. The van der Waals surface area contributed by atoms with Crippen LogP contribution in [-0.2, 0) is 9.53 Å². The standard InChI is InChI=1S/C22H36O2/c1-3-4-5-6-7-8-9-10-11-13-16-20(2)22(24-19-23)21-17-14-12-15-18-21/h12,14-15,17-20,22H,3-11,13,16H2,1-2H3. The second-order valence-electron chi connectivity index (χ2n) is 7.01. The molecule has 2 heteroatoms. The number of unbranched alkanes of at least 4 members (excludes halogenated alkanes) is 9. The first-order valence-electron chi connectivity index (χ1n) is 9.93. The van der Waals surface area contributed by atoms with E-state index in [1.165, 1.54) is 64.2 Å². The molecule has 0 heterocycles. The van der Waals surface area contributed by atoms with Gasteiger partial charge in [0.05, 0.1) is 0 Å². The summed E-state index contributed by atoms with van der Waals surface area (Å²) in [5.74, 6) is 0.367. The molecule has 0 bridgehead atoms. The Kier molecular flexibility index (Phi) is 12.2. The van der Waals surface area contributed by atoms with Crippen LogP contribution in [0.15, 0.2) is 30.3 Å². The summed E-state index contributed by atoms with van der Waals surface area (Å²) in [5.41, 5.74) is 1.10. The van der Waals surface area contributed by atoms with E-state index in [4.69, 9.17) is 4.74 Å². The zero-order valence-electron chi connectivity index (χ0n) is 15.7. The molecule has 0 aliphatic rings. The highest BCUT2D eigenvalue weighted by molar-refractivity contribution is 5.38. The summed E-state index contributed by atoms with van der Waals surface area (Å²) >= 11 is 0. The summed E-state index contributed by atoms with van der Waals surface area (Å²) in [6, 6.07) is 10.1. The minimum Gasteiger partial charge on any atom is -0.459 e. The molecule has 0 aliphatic carbocycles. The molecular formula is C22H36O2. The van der Waals surface area contributed by atoms with E-state index in [2.05, 4.69) is 13.8 Å². The zero-order valence-corrected chi connectivity index (χ0v) is 15.7. The molecule has 0 spiro atoms. The van der Waals surface area contributed by atoms with Gasteiger partial charge in [0.25, 0.3) is 6.47 Å². The number of hydrogen-bond donors (Lipinski definition) is 0. The van der Waals surface area contributed by atoms with Crippen LogP contribution in [0.4, 0.5) is 0 Å². The fourth-order valence-corrected chi connectivity index (χ4v) is 3.35. The molecule has 2 unspecified atom stereocenters. The van der Waals surface area contributed by atoms with Gasteiger partial charge in [0.15, 0.2) is 0 Å². The van der Waals surface area contributed by atoms with E-state index in [1.54, 1.807) is 0 Å². The van der Waals surface area contributed by atoms with E-state index < -0.39 is 0 Å². The molecule has 2 atom stereocenters.